The van der Waals surface area contributed by atoms with Crippen molar-refractivity contribution in [1.29, 1.82) is 0 Å². The van der Waals surface area contributed by atoms with Gasteiger partial charge in [0.2, 0.25) is 5.78 Å². The SMILES string of the molecule is CN(C)c1ccc(O)c2c1C[C@H]1C[C@H]3[C@H](N(C)C)C(O)=C(C(N)=O)C(=O)[C@@]3(O)C(O)=C1C2=O.O=C(O)c1ccccc1O. The maximum absolute atomic E-state index is 13.5. The number of carbonyl (C=O) groups excluding carboxylic acids is 3. The number of rotatable bonds is 4. The maximum Gasteiger partial charge on any atom is 0.339 e. The predicted octanol–water partition coefficient (Wildman–Crippen LogP) is 1.28. The van der Waals surface area contributed by atoms with E-state index in [1.165, 1.54) is 23.1 Å². The van der Waals surface area contributed by atoms with E-state index in [2.05, 4.69) is 0 Å². The number of ketones is 2. The molecule has 13 heteroatoms. The topological polar surface area (TPSA) is 222 Å². The van der Waals surface area contributed by atoms with Crippen molar-refractivity contribution in [3.63, 3.8) is 0 Å². The van der Waals surface area contributed by atoms with E-state index in [1.807, 2.05) is 0 Å². The van der Waals surface area contributed by atoms with Gasteiger partial charge in [-0.15, -0.1) is 0 Å². The smallest absolute Gasteiger partial charge is 0.339 e. The second-order valence-electron chi connectivity index (χ2n) is 11.1. The van der Waals surface area contributed by atoms with E-state index < -0.39 is 64.0 Å². The molecule has 228 valence electrons. The number of para-hydroxylation sites is 1. The van der Waals surface area contributed by atoms with Gasteiger partial charge in [0.25, 0.3) is 5.91 Å². The Morgan fingerprint density at radius 2 is 1.58 bits per heavy atom. The van der Waals surface area contributed by atoms with Crippen molar-refractivity contribution >= 4 is 29.1 Å². The first kappa shape index (κ1) is 31.1. The Kier molecular flexibility index (Phi) is 8.00. The zero-order chi connectivity index (χ0) is 32.1. The highest BCUT2D eigenvalue weighted by Crippen LogP contribution is 2.53. The summed E-state index contributed by atoms with van der Waals surface area (Å²) in [5, 5.41) is 61.2. The van der Waals surface area contributed by atoms with Gasteiger partial charge in [-0.2, -0.15) is 0 Å². The minimum absolute atomic E-state index is 0.00184. The molecule has 1 amide bonds. The minimum Gasteiger partial charge on any atom is -0.510 e. The van der Waals surface area contributed by atoms with Gasteiger partial charge in [-0.1, -0.05) is 12.1 Å². The van der Waals surface area contributed by atoms with Crippen LogP contribution in [0.25, 0.3) is 0 Å². The quantitative estimate of drug-likeness (QED) is 0.248. The summed E-state index contributed by atoms with van der Waals surface area (Å²) < 4.78 is 0. The number of phenolic OH excluding ortho intramolecular Hbond substituents is 1. The Labute approximate surface area is 246 Å². The number of aliphatic hydroxyl groups is 3. The number of benzene rings is 2. The summed E-state index contributed by atoms with van der Waals surface area (Å²) in [6.07, 6.45) is 0.324. The Morgan fingerprint density at radius 1 is 0.953 bits per heavy atom. The molecule has 2 aromatic carbocycles. The number of aromatic hydroxyl groups is 2. The zero-order valence-corrected chi connectivity index (χ0v) is 23.9. The van der Waals surface area contributed by atoms with Crippen LogP contribution in [0.1, 0.15) is 32.7 Å². The summed E-state index contributed by atoms with van der Waals surface area (Å²) in [5.74, 6) is -7.85. The molecule has 3 aliphatic rings. The molecule has 43 heavy (non-hydrogen) atoms. The van der Waals surface area contributed by atoms with Crippen molar-refractivity contribution in [2.24, 2.45) is 17.6 Å². The fraction of sp³-hybridized carbons (Fsp3) is 0.333. The number of aliphatic hydroxyl groups excluding tert-OH is 2. The molecule has 0 fully saturated rings. The van der Waals surface area contributed by atoms with Crippen molar-refractivity contribution in [3.05, 3.63) is 75.8 Å². The molecule has 13 nitrogen and oxygen atoms in total. The number of likely N-dealkylation sites (N-methyl/N-ethyl adjacent to an activating group) is 1. The summed E-state index contributed by atoms with van der Waals surface area (Å²) >= 11 is 0. The lowest BCUT2D eigenvalue weighted by atomic mass is 9.58. The number of carbonyl (C=O) groups is 4. The third-order valence-electron chi connectivity index (χ3n) is 8.20. The van der Waals surface area contributed by atoms with Crippen molar-refractivity contribution < 1.29 is 49.8 Å². The monoisotopic (exact) mass is 595 g/mol. The van der Waals surface area contributed by atoms with E-state index in [0.717, 1.165) is 5.69 Å². The molecule has 2 aromatic rings. The van der Waals surface area contributed by atoms with Crippen LogP contribution in [0.5, 0.6) is 11.5 Å². The van der Waals surface area contributed by atoms with E-state index in [-0.39, 0.29) is 41.0 Å². The van der Waals surface area contributed by atoms with Crippen LogP contribution in [0.15, 0.2) is 59.1 Å². The fourth-order valence-electron chi connectivity index (χ4n) is 6.31. The maximum atomic E-state index is 13.5. The highest BCUT2D eigenvalue weighted by Gasteiger charge is 2.63. The van der Waals surface area contributed by atoms with Gasteiger partial charge in [0, 0.05) is 31.3 Å². The number of fused-ring (bicyclic) bond motifs is 3. The number of allylic oxidation sites excluding steroid dienone is 1. The number of hydrogen-bond donors (Lipinski definition) is 7. The molecule has 8 N–H and O–H groups in total. The highest BCUT2D eigenvalue weighted by molar-refractivity contribution is 6.24. The largest absolute Gasteiger partial charge is 0.510 e. The lowest BCUT2D eigenvalue weighted by Crippen LogP contribution is -2.63. The van der Waals surface area contributed by atoms with E-state index in [9.17, 15) is 39.6 Å². The van der Waals surface area contributed by atoms with Crippen LogP contribution in [-0.2, 0) is 16.0 Å². The van der Waals surface area contributed by atoms with Crippen LogP contribution in [0.3, 0.4) is 0 Å². The van der Waals surface area contributed by atoms with Crippen LogP contribution >= 0.6 is 0 Å². The molecule has 0 saturated carbocycles. The molecule has 3 aliphatic carbocycles. The van der Waals surface area contributed by atoms with Gasteiger partial charge >= 0.3 is 5.97 Å². The average Bonchev–Trinajstić information content (AvgIpc) is 2.90. The number of primary amides is 1. The van der Waals surface area contributed by atoms with Gasteiger partial charge in [0.1, 0.15) is 34.2 Å². The lowest BCUT2D eigenvalue weighted by molar-refractivity contribution is -0.148. The van der Waals surface area contributed by atoms with Crippen molar-refractivity contribution in [1.82, 2.24) is 4.90 Å². The zero-order valence-electron chi connectivity index (χ0n) is 23.9. The van der Waals surface area contributed by atoms with Gasteiger partial charge < -0.3 is 41.3 Å². The third kappa shape index (κ3) is 4.85. The van der Waals surface area contributed by atoms with Gasteiger partial charge in [-0.3, -0.25) is 19.3 Å². The number of phenols is 2. The molecule has 0 radical (unpaired) electrons. The van der Waals surface area contributed by atoms with Crippen LogP contribution in [0.4, 0.5) is 5.69 Å². The minimum atomic E-state index is -2.63. The normalized spacial score (nSPS) is 24.5. The van der Waals surface area contributed by atoms with Crippen LogP contribution in [0, 0.1) is 11.8 Å². The highest BCUT2D eigenvalue weighted by atomic mass is 16.4. The second kappa shape index (κ2) is 11.1. The van der Waals surface area contributed by atoms with Gasteiger partial charge in [0.05, 0.1) is 11.6 Å². The third-order valence-corrected chi connectivity index (χ3v) is 8.20. The number of hydrogen-bond acceptors (Lipinski definition) is 11. The molecule has 4 atom stereocenters. The Bertz CT molecular complexity index is 1610. The predicted molar refractivity (Wildman–Crippen MR) is 153 cm³/mol. The second-order valence-corrected chi connectivity index (χ2v) is 11.1. The first-order valence-corrected chi connectivity index (χ1v) is 13.2. The van der Waals surface area contributed by atoms with E-state index in [1.54, 1.807) is 51.3 Å². The number of nitrogens with zero attached hydrogens (tertiary/aromatic N) is 2. The van der Waals surface area contributed by atoms with Crippen LogP contribution in [0.2, 0.25) is 0 Å². The molecule has 5 rings (SSSR count). The number of carboxylic acid groups (broad SMARTS) is 1. The molecular weight excluding hydrogens is 562 g/mol. The summed E-state index contributed by atoms with van der Waals surface area (Å²) in [4.78, 5) is 52.3. The number of Topliss-reactive ketones (excluding diaryl/α,β-unsaturated/α-hetero) is 2. The van der Waals surface area contributed by atoms with Gasteiger partial charge in [-0.25, -0.2) is 4.79 Å². The lowest BCUT2D eigenvalue weighted by Gasteiger charge is -2.50. The Morgan fingerprint density at radius 3 is 2.09 bits per heavy atom. The molecule has 0 aliphatic heterocycles. The first-order valence-electron chi connectivity index (χ1n) is 13.2. The number of aromatic carboxylic acids is 1. The molecular formula is C30H33N3O10. The number of carboxylic acids is 1. The number of amides is 1. The molecule has 0 unspecified atom stereocenters. The van der Waals surface area contributed by atoms with Crippen molar-refractivity contribution in [2.75, 3.05) is 33.1 Å². The van der Waals surface area contributed by atoms with Crippen molar-refractivity contribution in [3.8, 4) is 11.5 Å². The van der Waals surface area contributed by atoms with E-state index >= 15 is 0 Å². The van der Waals surface area contributed by atoms with Gasteiger partial charge in [-0.05, 0) is 62.7 Å². The molecule has 0 bridgehead atoms. The molecule has 0 heterocycles. The number of anilines is 1. The standard InChI is InChI=1S/C23H27N3O7.C7H6O3/c1-25(2)12-5-6-13(27)15-10(12)7-9-8-11-17(26(3)4)19(29)16(22(24)32)21(31)23(11,33)20(30)14(9)18(15)28;8-6-4-2-1-3-5(6)7(9)10/h5-6,9,11,17,27,29-30,33H,7-8H2,1-4H3,(H2,24,32);1-4,8H,(H,9,10)/t9-,11-,17-,23-;/m0./s1. The van der Waals surface area contributed by atoms with Gasteiger partial charge in [0.15, 0.2) is 11.4 Å². The summed E-state index contributed by atoms with van der Waals surface area (Å²) in [7, 11) is 6.79. The van der Waals surface area contributed by atoms with E-state index in [4.69, 9.17) is 15.9 Å². The summed E-state index contributed by atoms with van der Waals surface area (Å²) in [6.45, 7) is 0. The fourth-order valence-corrected chi connectivity index (χ4v) is 6.31. The number of nitrogens with two attached hydrogens (primary N) is 1. The summed E-state index contributed by atoms with van der Waals surface area (Å²) in [6, 6.07) is 7.87. The first-order chi connectivity index (χ1) is 20.0. The molecule has 0 aromatic heterocycles. The van der Waals surface area contributed by atoms with Crippen molar-refractivity contribution in [2.45, 2.75) is 24.5 Å². The average molecular weight is 596 g/mol. The summed E-state index contributed by atoms with van der Waals surface area (Å²) in [5.41, 5.74) is 2.96. The molecule has 0 saturated heterocycles. The van der Waals surface area contributed by atoms with E-state index in [0.29, 0.717) is 5.56 Å². The molecule has 0 spiro atoms. The Hall–Kier alpha value is -4.88. The Balaban J connectivity index is 0.000000359. The van der Waals surface area contributed by atoms with Crippen LogP contribution < -0.4 is 10.6 Å². The van der Waals surface area contributed by atoms with Crippen LogP contribution in [-0.4, -0.2) is 98.8 Å².